The summed E-state index contributed by atoms with van der Waals surface area (Å²) in [6.07, 6.45) is 3.90. The van der Waals surface area contributed by atoms with E-state index in [0.717, 1.165) is 0 Å². The Hall–Kier alpha value is -1.69. The number of nitrogens with zero attached hydrogens (tertiary/aromatic N) is 1. The van der Waals surface area contributed by atoms with E-state index in [1.165, 1.54) is 17.1 Å². The fourth-order valence-corrected chi connectivity index (χ4v) is 2.55. The van der Waals surface area contributed by atoms with Gasteiger partial charge < -0.3 is 9.47 Å². The van der Waals surface area contributed by atoms with Crippen molar-refractivity contribution >= 4 is 17.8 Å². The van der Waals surface area contributed by atoms with Crippen LogP contribution in [0, 0.1) is 0 Å². The van der Waals surface area contributed by atoms with Gasteiger partial charge in [0.25, 0.3) is 11.8 Å². The molecule has 0 aromatic carbocycles. The molecule has 0 radical (unpaired) electrons. The van der Waals surface area contributed by atoms with E-state index in [1.54, 1.807) is 0 Å². The molecule has 25 heavy (non-hydrogen) atoms. The lowest BCUT2D eigenvalue weighted by atomic mass is 9.98. The Labute approximate surface area is 150 Å². The van der Waals surface area contributed by atoms with E-state index < -0.39 is 16.7 Å². The number of carbonyl (C=O) groups excluding carboxylic acids is 3. The monoisotopic (exact) mass is 353 g/mol. The number of ether oxygens (including phenoxy) is 2. The van der Waals surface area contributed by atoms with Crippen LogP contribution in [0.15, 0.2) is 12.2 Å². The summed E-state index contributed by atoms with van der Waals surface area (Å²) in [4.78, 5) is 36.7. The van der Waals surface area contributed by atoms with E-state index in [1.807, 2.05) is 48.5 Å². The topological polar surface area (TPSA) is 72.9 Å². The van der Waals surface area contributed by atoms with E-state index in [2.05, 4.69) is 0 Å². The van der Waals surface area contributed by atoms with E-state index in [-0.39, 0.29) is 24.2 Å². The zero-order chi connectivity index (χ0) is 19.5. The molecule has 0 saturated carbocycles. The summed E-state index contributed by atoms with van der Waals surface area (Å²) in [5.74, 6) is -0.831. The molecule has 0 N–H and O–H groups in total. The summed E-state index contributed by atoms with van der Waals surface area (Å²) < 4.78 is 11.2. The number of hydrogen-bond donors (Lipinski definition) is 0. The van der Waals surface area contributed by atoms with Gasteiger partial charge in [-0.15, -0.1) is 0 Å². The molecule has 1 rings (SSSR count). The molecule has 142 valence electrons. The van der Waals surface area contributed by atoms with Gasteiger partial charge in [0.15, 0.2) is 0 Å². The second-order valence-corrected chi connectivity index (χ2v) is 8.60. The minimum atomic E-state index is -0.626. The highest BCUT2D eigenvalue weighted by molar-refractivity contribution is 6.13. The van der Waals surface area contributed by atoms with Gasteiger partial charge in [0.1, 0.15) is 5.60 Å². The summed E-state index contributed by atoms with van der Waals surface area (Å²) in [7, 11) is 0. The van der Waals surface area contributed by atoms with Crippen molar-refractivity contribution in [3.8, 4) is 0 Å². The zero-order valence-electron chi connectivity index (χ0n) is 16.5. The van der Waals surface area contributed by atoms with Crippen LogP contribution >= 0.6 is 0 Å². The largest absolute Gasteiger partial charge is 0.460 e. The second-order valence-electron chi connectivity index (χ2n) is 8.60. The first-order valence-corrected chi connectivity index (χ1v) is 8.66. The first-order valence-electron chi connectivity index (χ1n) is 8.66. The molecular formula is C19H31NO5. The standard InChI is InChI=1S/C19H31NO5/c1-17(2,3)25-16(23)10-11-19(6,7)24-13-12-18(4,5)20-14(21)8-9-15(20)22/h8-9H,10-13H2,1-7H3. The van der Waals surface area contributed by atoms with E-state index >= 15 is 0 Å². The minimum absolute atomic E-state index is 0.246. The first kappa shape index (κ1) is 21.4. The number of esters is 1. The highest BCUT2D eigenvalue weighted by Gasteiger charge is 2.37. The van der Waals surface area contributed by atoms with Crippen LogP contribution in [0.3, 0.4) is 0 Å². The van der Waals surface area contributed by atoms with Gasteiger partial charge in [-0.25, -0.2) is 0 Å². The summed E-state index contributed by atoms with van der Waals surface area (Å²) in [6.45, 7) is 13.4. The number of carbonyl (C=O) groups is 3. The summed E-state index contributed by atoms with van der Waals surface area (Å²) >= 11 is 0. The molecule has 0 saturated heterocycles. The molecule has 0 bridgehead atoms. The normalized spacial score (nSPS) is 15.9. The van der Waals surface area contributed by atoms with Crippen molar-refractivity contribution in [1.82, 2.24) is 4.90 Å². The lowest BCUT2D eigenvalue weighted by molar-refractivity contribution is -0.157. The van der Waals surface area contributed by atoms with Crippen LogP contribution in [-0.4, -0.2) is 46.0 Å². The van der Waals surface area contributed by atoms with Gasteiger partial charge in [0.05, 0.1) is 5.60 Å². The van der Waals surface area contributed by atoms with Crippen molar-refractivity contribution in [3.05, 3.63) is 12.2 Å². The smallest absolute Gasteiger partial charge is 0.306 e. The Bertz CT molecular complexity index is 537. The minimum Gasteiger partial charge on any atom is -0.460 e. The third-order valence-corrected chi connectivity index (χ3v) is 3.97. The Morgan fingerprint density at radius 3 is 1.96 bits per heavy atom. The quantitative estimate of drug-likeness (QED) is 0.495. The van der Waals surface area contributed by atoms with Crippen molar-refractivity contribution in [1.29, 1.82) is 0 Å². The van der Waals surface area contributed by atoms with Crippen LogP contribution in [0.1, 0.15) is 67.7 Å². The van der Waals surface area contributed by atoms with Gasteiger partial charge in [-0.2, -0.15) is 0 Å². The molecule has 0 aromatic heterocycles. The predicted octanol–water partition coefficient (Wildman–Crippen LogP) is 3.00. The molecule has 0 unspecified atom stereocenters. The number of rotatable bonds is 8. The zero-order valence-corrected chi connectivity index (χ0v) is 16.5. The van der Waals surface area contributed by atoms with Gasteiger partial charge in [-0.1, -0.05) is 0 Å². The van der Waals surface area contributed by atoms with Crippen LogP contribution < -0.4 is 0 Å². The predicted molar refractivity (Wildman–Crippen MR) is 94.8 cm³/mol. The van der Waals surface area contributed by atoms with Gasteiger partial charge in [0.2, 0.25) is 0 Å². The maximum atomic E-state index is 11.8. The molecule has 6 nitrogen and oxygen atoms in total. The van der Waals surface area contributed by atoms with E-state index in [9.17, 15) is 14.4 Å². The molecule has 0 spiro atoms. The highest BCUT2D eigenvalue weighted by atomic mass is 16.6. The molecular weight excluding hydrogens is 322 g/mol. The molecule has 1 aliphatic heterocycles. The Balaban J connectivity index is 2.44. The van der Waals surface area contributed by atoms with Gasteiger partial charge in [-0.05, 0) is 61.3 Å². The second kappa shape index (κ2) is 7.68. The van der Waals surface area contributed by atoms with Gasteiger partial charge in [-0.3, -0.25) is 19.3 Å². The van der Waals surface area contributed by atoms with Gasteiger partial charge in [0, 0.05) is 30.7 Å². The molecule has 2 amide bonds. The molecule has 0 aromatic rings. The molecule has 1 heterocycles. The average molecular weight is 353 g/mol. The van der Waals surface area contributed by atoms with Crippen LogP contribution in [0.4, 0.5) is 0 Å². The Morgan fingerprint density at radius 2 is 1.48 bits per heavy atom. The number of imide groups is 1. The third kappa shape index (κ3) is 6.98. The molecule has 0 fully saturated rings. The van der Waals surface area contributed by atoms with Gasteiger partial charge >= 0.3 is 5.97 Å². The molecule has 1 aliphatic rings. The van der Waals surface area contributed by atoms with Crippen molar-refractivity contribution in [3.63, 3.8) is 0 Å². The fraction of sp³-hybridized carbons (Fsp3) is 0.737. The Kier molecular flexibility index (Phi) is 6.56. The Morgan fingerprint density at radius 1 is 0.960 bits per heavy atom. The van der Waals surface area contributed by atoms with Crippen molar-refractivity contribution < 1.29 is 23.9 Å². The molecule has 0 atom stereocenters. The maximum absolute atomic E-state index is 11.8. The fourth-order valence-electron chi connectivity index (χ4n) is 2.55. The molecule has 6 heteroatoms. The number of amides is 2. The van der Waals surface area contributed by atoms with Crippen LogP contribution in [0.2, 0.25) is 0 Å². The number of hydrogen-bond acceptors (Lipinski definition) is 5. The van der Waals surface area contributed by atoms with Crippen LogP contribution in [0.25, 0.3) is 0 Å². The van der Waals surface area contributed by atoms with Crippen LogP contribution in [0.5, 0.6) is 0 Å². The SMILES string of the molecule is CC(C)(C)OC(=O)CCC(C)(C)OCCC(C)(C)N1C(=O)C=CC1=O. The van der Waals surface area contributed by atoms with Crippen LogP contribution in [-0.2, 0) is 23.9 Å². The van der Waals surface area contributed by atoms with Crippen molar-refractivity contribution in [2.45, 2.75) is 84.5 Å². The lowest BCUT2D eigenvalue weighted by Crippen LogP contribution is -2.48. The summed E-state index contributed by atoms with van der Waals surface area (Å²) in [5.41, 5.74) is -1.61. The lowest BCUT2D eigenvalue weighted by Gasteiger charge is -2.35. The van der Waals surface area contributed by atoms with E-state index in [0.29, 0.717) is 19.4 Å². The average Bonchev–Trinajstić information content (AvgIpc) is 2.74. The maximum Gasteiger partial charge on any atom is 0.306 e. The summed E-state index contributed by atoms with van der Waals surface area (Å²) in [6, 6.07) is 0. The van der Waals surface area contributed by atoms with E-state index in [4.69, 9.17) is 9.47 Å². The first-order chi connectivity index (χ1) is 11.2. The third-order valence-electron chi connectivity index (χ3n) is 3.97. The van der Waals surface area contributed by atoms with Crippen molar-refractivity contribution in [2.24, 2.45) is 0 Å². The highest BCUT2D eigenvalue weighted by Crippen LogP contribution is 2.25. The van der Waals surface area contributed by atoms with Crippen molar-refractivity contribution in [2.75, 3.05) is 6.61 Å². The summed E-state index contributed by atoms with van der Waals surface area (Å²) in [5, 5.41) is 0. The molecule has 0 aliphatic carbocycles.